The van der Waals surface area contributed by atoms with Crippen LogP contribution in [0.4, 0.5) is 0 Å². The van der Waals surface area contributed by atoms with Gasteiger partial charge in [-0.15, -0.1) is 0 Å². The summed E-state index contributed by atoms with van der Waals surface area (Å²) in [5.74, 6) is -2.74. The smallest absolute Gasteiger partial charge is 0.374 e. The maximum atomic E-state index is 11.3. The number of carbonyl (C=O) groups excluding carboxylic acids is 2. The average molecular weight is 371 g/mol. The zero-order chi connectivity index (χ0) is 19.5. The van der Waals surface area contributed by atoms with Gasteiger partial charge in [0, 0.05) is 6.42 Å². The van der Waals surface area contributed by atoms with Crippen molar-refractivity contribution >= 4 is 17.7 Å². The molecule has 26 heavy (non-hydrogen) atoms. The Bertz CT molecular complexity index is 379. The molecule has 0 unspecified atom stereocenters. The third-order valence-corrected chi connectivity index (χ3v) is 4.52. The molecule has 0 aliphatic heterocycles. The summed E-state index contributed by atoms with van der Waals surface area (Å²) < 4.78 is 4.86. The summed E-state index contributed by atoms with van der Waals surface area (Å²) in [6.45, 7) is 2.49. The van der Waals surface area contributed by atoms with Crippen molar-refractivity contribution < 1.29 is 24.2 Å². The van der Waals surface area contributed by atoms with Crippen molar-refractivity contribution in [1.29, 1.82) is 0 Å². The van der Waals surface area contributed by atoms with Crippen molar-refractivity contribution in [3.8, 4) is 0 Å². The van der Waals surface area contributed by atoms with E-state index in [1.54, 1.807) is 0 Å². The van der Waals surface area contributed by atoms with Crippen LogP contribution in [-0.2, 0) is 19.1 Å². The summed E-state index contributed by atoms with van der Waals surface area (Å²) in [7, 11) is 0. The summed E-state index contributed by atoms with van der Waals surface area (Å²) in [6, 6.07) is 0. The quantitative estimate of drug-likeness (QED) is 0.186. The standard InChI is InChI=1S/C21H38O5/c1-2-3-4-5-6-7-8-9-10-11-12-13-14-15-18-26-21(25)19(22)16-17-20(23)24/h2-18H2,1H3,(H,23,24). The van der Waals surface area contributed by atoms with Gasteiger partial charge in [-0.3, -0.25) is 9.59 Å². The number of carbonyl (C=O) groups is 3. The average Bonchev–Trinajstić information content (AvgIpc) is 2.62. The van der Waals surface area contributed by atoms with Crippen molar-refractivity contribution in [1.82, 2.24) is 0 Å². The zero-order valence-electron chi connectivity index (χ0n) is 16.6. The first kappa shape index (κ1) is 24.6. The zero-order valence-corrected chi connectivity index (χ0v) is 16.6. The lowest BCUT2D eigenvalue weighted by molar-refractivity contribution is -0.154. The van der Waals surface area contributed by atoms with Gasteiger partial charge >= 0.3 is 11.9 Å². The van der Waals surface area contributed by atoms with E-state index >= 15 is 0 Å². The highest BCUT2D eigenvalue weighted by Gasteiger charge is 2.16. The summed E-state index contributed by atoms with van der Waals surface area (Å²) in [5.41, 5.74) is 0. The van der Waals surface area contributed by atoms with Crippen molar-refractivity contribution in [2.45, 2.75) is 110 Å². The molecule has 5 heteroatoms. The molecule has 152 valence electrons. The van der Waals surface area contributed by atoms with Crippen LogP contribution in [0, 0.1) is 0 Å². The van der Waals surface area contributed by atoms with Gasteiger partial charge in [-0.25, -0.2) is 4.79 Å². The minimum atomic E-state index is -1.09. The van der Waals surface area contributed by atoms with Gasteiger partial charge in [0.1, 0.15) is 0 Å². The van der Waals surface area contributed by atoms with E-state index in [1.165, 1.54) is 70.6 Å². The highest BCUT2D eigenvalue weighted by Crippen LogP contribution is 2.13. The molecule has 0 amide bonds. The second-order valence-electron chi connectivity index (χ2n) is 7.05. The number of esters is 1. The van der Waals surface area contributed by atoms with Crippen LogP contribution in [-0.4, -0.2) is 29.4 Å². The fourth-order valence-corrected chi connectivity index (χ4v) is 2.86. The van der Waals surface area contributed by atoms with Gasteiger partial charge in [0.15, 0.2) is 0 Å². The highest BCUT2D eigenvalue weighted by molar-refractivity contribution is 6.33. The van der Waals surface area contributed by atoms with Crippen LogP contribution >= 0.6 is 0 Å². The second kappa shape index (κ2) is 18.4. The summed E-state index contributed by atoms with van der Waals surface area (Å²) in [6.07, 6.45) is 17.0. The fraction of sp³-hybridized carbons (Fsp3) is 0.857. The van der Waals surface area contributed by atoms with E-state index in [0.29, 0.717) is 0 Å². The van der Waals surface area contributed by atoms with Crippen LogP contribution in [0.2, 0.25) is 0 Å². The number of ether oxygens (including phenoxy) is 1. The first-order valence-electron chi connectivity index (χ1n) is 10.5. The Labute approximate surface area is 158 Å². The van der Waals surface area contributed by atoms with Gasteiger partial charge in [0.05, 0.1) is 13.0 Å². The van der Waals surface area contributed by atoms with E-state index in [1.807, 2.05) is 0 Å². The lowest BCUT2D eigenvalue weighted by atomic mass is 10.0. The maximum Gasteiger partial charge on any atom is 0.374 e. The molecule has 0 heterocycles. The molecule has 0 saturated heterocycles. The third kappa shape index (κ3) is 17.4. The summed E-state index contributed by atoms with van der Waals surface area (Å²) in [5, 5.41) is 8.46. The van der Waals surface area contributed by atoms with E-state index in [9.17, 15) is 14.4 Å². The van der Waals surface area contributed by atoms with Crippen LogP contribution in [0.1, 0.15) is 110 Å². The van der Waals surface area contributed by atoms with E-state index in [0.717, 1.165) is 19.3 Å². The molecule has 0 saturated carbocycles. The molecule has 5 nitrogen and oxygen atoms in total. The van der Waals surface area contributed by atoms with E-state index in [2.05, 4.69) is 6.92 Å². The number of carboxylic acid groups (broad SMARTS) is 1. The normalized spacial score (nSPS) is 10.7. The molecule has 0 aromatic carbocycles. The number of unbranched alkanes of at least 4 members (excludes halogenated alkanes) is 13. The van der Waals surface area contributed by atoms with Gasteiger partial charge < -0.3 is 9.84 Å². The lowest BCUT2D eigenvalue weighted by Gasteiger charge is -2.04. The number of hydrogen-bond acceptors (Lipinski definition) is 4. The van der Waals surface area contributed by atoms with Crippen LogP contribution in [0.25, 0.3) is 0 Å². The molecule has 0 radical (unpaired) electrons. The van der Waals surface area contributed by atoms with E-state index in [-0.39, 0.29) is 19.4 Å². The van der Waals surface area contributed by atoms with Gasteiger partial charge in [-0.05, 0) is 6.42 Å². The van der Waals surface area contributed by atoms with Crippen LogP contribution in [0.3, 0.4) is 0 Å². The Balaban J connectivity index is 3.25. The fourth-order valence-electron chi connectivity index (χ4n) is 2.86. The molecule has 0 aromatic heterocycles. The third-order valence-electron chi connectivity index (χ3n) is 4.52. The molecule has 0 aliphatic rings. The van der Waals surface area contributed by atoms with Crippen molar-refractivity contribution in [3.05, 3.63) is 0 Å². The Hall–Kier alpha value is -1.39. The molecular weight excluding hydrogens is 332 g/mol. The predicted octanol–water partition coefficient (Wildman–Crippen LogP) is 5.44. The first-order chi connectivity index (χ1) is 12.6. The second-order valence-corrected chi connectivity index (χ2v) is 7.05. The van der Waals surface area contributed by atoms with E-state index < -0.39 is 17.7 Å². The largest absolute Gasteiger partial charge is 0.481 e. The molecule has 0 atom stereocenters. The molecule has 0 spiro atoms. The number of carboxylic acids is 1. The van der Waals surface area contributed by atoms with Crippen molar-refractivity contribution in [2.75, 3.05) is 6.61 Å². The molecule has 0 fully saturated rings. The Morgan fingerprint density at radius 3 is 1.50 bits per heavy atom. The topological polar surface area (TPSA) is 80.7 Å². The van der Waals surface area contributed by atoms with Crippen molar-refractivity contribution in [3.63, 3.8) is 0 Å². The molecule has 0 bridgehead atoms. The van der Waals surface area contributed by atoms with Gasteiger partial charge in [0.25, 0.3) is 0 Å². The first-order valence-corrected chi connectivity index (χ1v) is 10.5. The van der Waals surface area contributed by atoms with Crippen LogP contribution in [0.5, 0.6) is 0 Å². The number of aliphatic carboxylic acids is 1. The number of hydrogen-bond donors (Lipinski definition) is 1. The summed E-state index contributed by atoms with van der Waals surface area (Å²) in [4.78, 5) is 32.9. The molecule has 0 aromatic rings. The number of Topliss-reactive ketones (excluding diaryl/α,β-unsaturated/α-hetero) is 1. The SMILES string of the molecule is CCCCCCCCCCCCCCCCOC(=O)C(=O)CCC(=O)O. The van der Waals surface area contributed by atoms with Gasteiger partial charge in [-0.2, -0.15) is 0 Å². The van der Waals surface area contributed by atoms with Crippen LogP contribution in [0.15, 0.2) is 0 Å². The minimum Gasteiger partial charge on any atom is -0.481 e. The molecular formula is C21H38O5. The monoisotopic (exact) mass is 370 g/mol. The summed E-state index contributed by atoms with van der Waals surface area (Å²) >= 11 is 0. The number of ketones is 1. The van der Waals surface area contributed by atoms with Gasteiger partial charge in [0.2, 0.25) is 5.78 Å². The Kier molecular flexibility index (Phi) is 17.4. The molecule has 0 aliphatic carbocycles. The lowest BCUT2D eigenvalue weighted by Crippen LogP contribution is -2.18. The minimum absolute atomic E-state index is 0.246. The van der Waals surface area contributed by atoms with E-state index in [4.69, 9.17) is 9.84 Å². The molecule has 0 rings (SSSR count). The Morgan fingerprint density at radius 2 is 1.08 bits per heavy atom. The Morgan fingerprint density at radius 1 is 0.654 bits per heavy atom. The predicted molar refractivity (Wildman–Crippen MR) is 103 cm³/mol. The van der Waals surface area contributed by atoms with Crippen molar-refractivity contribution in [2.24, 2.45) is 0 Å². The highest BCUT2D eigenvalue weighted by atomic mass is 16.5. The van der Waals surface area contributed by atoms with Crippen LogP contribution < -0.4 is 0 Å². The maximum absolute atomic E-state index is 11.3. The number of rotatable bonds is 19. The van der Waals surface area contributed by atoms with Gasteiger partial charge in [-0.1, -0.05) is 90.4 Å². The molecule has 1 N–H and O–H groups in total.